The maximum absolute atomic E-state index is 5.78. The zero-order chi connectivity index (χ0) is 11.3. The molecule has 4 nitrogen and oxygen atoms in total. The van der Waals surface area contributed by atoms with Gasteiger partial charge in [0.2, 0.25) is 0 Å². The van der Waals surface area contributed by atoms with Crippen LogP contribution in [0.2, 0.25) is 0 Å². The third-order valence-electron chi connectivity index (χ3n) is 2.95. The van der Waals surface area contributed by atoms with Crippen molar-refractivity contribution in [3.05, 3.63) is 29.0 Å². The van der Waals surface area contributed by atoms with Gasteiger partial charge >= 0.3 is 0 Å². The molecule has 3 aromatic heterocycles. The Kier molecular flexibility index (Phi) is 1.85. The summed E-state index contributed by atoms with van der Waals surface area (Å²) in [6.07, 6.45) is 3.79. The maximum Gasteiger partial charge on any atom is 0.160 e. The minimum Gasteiger partial charge on any atom is -0.381 e. The zero-order valence-corrected chi connectivity index (χ0v) is 9.93. The van der Waals surface area contributed by atoms with Crippen LogP contribution >= 0.6 is 11.3 Å². The van der Waals surface area contributed by atoms with Crippen molar-refractivity contribution in [2.24, 2.45) is 0 Å². The van der Waals surface area contributed by atoms with Crippen molar-refractivity contribution in [3.63, 3.8) is 0 Å². The molecule has 3 N–H and O–H groups in total. The van der Waals surface area contributed by atoms with E-state index in [9.17, 15) is 0 Å². The van der Waals surface area contributed by atoms with E-state index in [0.717, 1.165) is 16.2 Å². The predicted octanol–water partition coefficient (Wildman–Crippen LogP) is 2.59. The van der Waals surface area contributed by atoms with Crippen molar-refractivity contribution in [2.75, 3.05) is 5.73 Å². The highest BCUT2D eigenvalue weighted by Crippen LogP contribution is 2.30. The molecule has 0 spiro atoms. The SMILES string of the molecule is Cc1c[nH]c(-c2csc3c(N)ncn23)c1C. The van der Waals surface area contributed by atoms with Crippen LogP contribution in [0.4, 0.5) is 5.82 Å². The summed E-state index contributed by atoms with van der Waals surface area (Å²) in [5.41, 5.74) is 10.6. The lowest BCUT2D eigenvalue weighted by Gasteiger charge is -1.98. The highest BCUT2D eigenvalue weighted by molar-refractivity contribution is 7.16. The van der Waals surface area contributed by atoms with Gasteiger partial charge in [-0.1, -0.05) is 0 Å². The third kappa shape index (κ3) is 1.12. The molecular weight excluding hydrogens is 220 g/mol. The van der Waals surface area contributed by atoms with Gasteiger partial charge in [0.25, 0.3) is 0 Å². The van der Waals surface area contributed by atoms with Crippen molar-refractivity contribution in [1.82, 2.24) is 14.4 Å². The number of H-pyrrole nitrogens is 1. The summed E-state index contributed by atoms with van der Waals surface area (Å²) in [6, 6.07) is 0. The monoisotopic (exact) mass is 232 g/mol. The second kappa shape index (κ2) is 3.12. The molecule has 5 heteroatoms. The Morgan fingerprint density at radius 1 is 1.44 bits per heavy atom. The van der Waals surface area contributed by atoms with Crippen molar-refractivity contribution in [3.8, 4) is 11.4 Å². The molecule has 0 bridgehead atoms. The van der Waals surface area contributed by atoms with Crippen LogP contribution in [0.15, 0.2) is 17.9 Å². The molecule has 0 aliphatic heterocycles. The van der Waals surface area contributed by atoms with E-state index in [1.807, 2.05) is 10.6 Å². The molecule has 3 rings (SSSR count). The number of aryl methyl sites for hydroxylation is 1. The number of nitrogen functional groups attached to an aromatic ring is 1. The molecule has 16 heavy (non-hydrogen) atoms. The fourth-order valence-electron chi connectivity index (χ4n) is 1.85. The second-order valence-corrected chi connectivity index (χ2v) is 4.76. The highest BCUT2D eigenvalue weighted by atomic mass is 32.1. The Morgan fingerprint density at radius 3 is 2.94 bits per heavy atom. The van der Waals surface area contributed by atoms with Gasteiger partial charge in [0, 0.05) is 11.6 Å². The number of aromatic nitrogens is 3. The number of nitrogens with two attached hydrogens (primary N) is 1. The summed E-state index contributed by atoms with van der Waals surface area (Å²) in [5, 5.41) is 2.10. The largest absolute Gasteiger partial charge is 0.381 e. The van der Waals surface area contributed by atoms with Gasteiger partial charge in [-0.25, -0.2) is 4.98 Å². The Morgan fingerprint density at radius 2 is 2.25 bits per heavy atom. The molecule has 0 fully saturated rings. The summed E-state index contributed by atoms with van der Waals surface area (Å²) in [4.78, 5) is 8.41. The van der Waals surface area contributed by atoms with E-state index in [-0.39, 0.29) is 0 Å². The van der Waals surface area contributed by atoms with E-state index in [4.69, 9.17) is 5.73 Å². The first-order valence-corrected chi connectivity index (χ1v) is 5.91. The fourth-order valence-corrected chi connectivity index (χ4v) is 2.73. The molecule has 0 saturated heterocycles. The average Bonchev–Trinajstić information content (AvgIpc) is 2.90. The molecule has 3 aromatic rings. The molecule has 0 aromatic carbocycles. The van der Waals surface area contributed by atoms with E-state index < -0.39 is 0 Å². The smallest absolute Gasteiger partial charge is 0.160 e. The topological polar surface area (TPSA) is 59.1 Å². The van der Waals surface area contributed by atoms with Crippen molar-refractivity contribution in [1.29, 1.82) is 0 Å². The molecule has 82 valence electrons. The van der Waals surface area contributed by atoms with Gasteiger partial charge in [0.15, 0.2) is 5.82 Å². The van der Waals surface area contributed by atoms with Gasteiger partial charge in [-0.05, 0) is 25.0 Å². The first-order chi connectivity index (χ1) is 7.68. The molecule has 0 amide bonds. The molecule has 0 aliphatic carbocycles. The number of imidazole rings is 1. The lowest BCUT2D eigenvalue weighted by molar-refractivity contribution is 1.16. The van der Waals surface area contributed by atoms with Gasteiger partial charge < -0.3 is 10.7 Å². The number of fused-ring (bicyclic) bond motifs is 1. The highest BCUT2D eigenvalue weighted by Gasteiger charge is 2.13. The Hall–Kier alpha value is -1.75. The fraction of sp³-hybridized carbons (Fsp3) is 0.182. The van der Waals surface area contributed by atoms with E-state index in [0.29, 0.717) is 5.82 Å². The Labute approximate surface area is 96.7 Å². The number of nitrogens with one attached hydrogen (secondary N) is 1. The van der Waals surface area contributed by atoms with Crippen LogP contribution in [0.1, 0.15) is 11.1 Å². The average molecular weight is 232 g/mol. The molecule has 0 aliphatic rings. The van der Waals surface area contributed by atoms with E-state index in [2.05, 4.69) is 29.2 Å². The van der Waals surface area contributed by atoms with Crippen molar-refractivity contribution >= 4 is 22.0 Å². The van der Waals surface area contributed by atoms with Gasteiger partial charge in [-0.2, -0.15) is 0 Å². The van der Waals surface area contributed by atoms with Crippen LogP contribution < -0.4 is 5.73 Å². The number of aromatic amines is 1. The van der Waals surface area contributed by atoms with Gasteiger partial charge in [0.1, 0.15) is 11.2 Å². The molecule has 3 heterocycles. The van der Waals surface area contributed by atoms with Crippen LogP contribution in [0, 0.1) is 13.8 Å². The Bertz CT molecular complexity index is 659. The Balaban J connectivity index is 2.30. The molecule has 0 atom stereocenters. The number of rotatable bonds is 1. The summed E-state index contributed by atoms with van der Waals surface area (Å²) in [5.74, 6) is 0.595. The maximum atomic E-state index is 5.78. The number of nitrogens with zero attached hydrogens (tertiary/aromatic N) is 2. The second-order valence-electron chi connectivity index (χ2n) is 3.90. The summed E-state index contributed by atoms with van der Waals surface area (Å²) in [6.45, 7) is 4.21. The van der Waals surface area contributed by atoms with E-state index in [1.54, 1.807) is 17.7 Å². The first-order valence-electron chi connectivity index (χ1n) is 5.03. The van der Waals surface area contributed by atoms with Crippen LogP contribution in [-0.2, 0) is 0 Å². The number of hydrogen-bond acceptors (Lipinski definition) is 3. The normalized spacial score (nSPS) is 11.4. The number of anilines is 1. The number of hydrogen-bond donors (Lipinski definition) is 2. The van der Waals surface area contributed by atoms with Gasteiger partial charge in [-0.3, -0.25) is 4.40 Å². The summed E-state index contributed by atoms with van der Waals surface area (Å²) >= 11 is 1.62. The lowest BCUT2D eigenvalue weighted by atomic mass is 10.1. The molecule has 0 radical (unpaired) electrons. The van der Waals surface area contributed by atoms with Crippen molar-refractivity contribution in [2.45, 2.75) is 13.8 Å². The summed E-state index contributed by atoms with van der Waals surface area (Å²) < 4.78 is 2.03. The summed E-state index contributed by atoms with van der Waals surface area (Å²) in [7, 11) is 0. The number of thiazole rings is 1. The van der Waals surface area contributed by atoms with Crippen LogP contribution in [0.25, 0.3) is 16.2 Å². The van der Waals surface area contributed by atoms with Gasteiger partial charge in [-0.15, -0.1) is 11.3 Å². The van der Waals surface area contributed by atoms with E-state index in [1.165, 1.54) is 11.1 Å². The molecule has 0 saturated carbocycles. The minimum absolute atomic E-state index is 0.595. The van der Waals surface area contributed by atoms with Crippen LogP contribution in [-0.4, -0.2) is 14.4 Å². The molecule has 0 unspecified atom stereocenters. The van der Waals surface area contributed by atoms with Gasteiger partial charge in [0.05, 0.1) is 11.4 Å². The molecular formula is C11H12N4S. The standard InChI is InChI=1S/C11H12N4S/c1-6-3-13-9(7(6)2)8-4-16-11-10(12)14-5-15(8)11/h3-5,13H,12H2,1-2H3. The predicted molar refractivity (Wildman–Crippen MR) is 66.7 cm³/mol. The zero-order valence-electron chi connectivity index (χ0n) is 9.11. The minimum atomic E-state index is 0.595. The first kappa shape index (κ1) is 9.47. The van der Waals surface area contributed by atoms with Crippen LogP contribution in [0.3, 0.4) is 0 Å². The third-order valence-corrected chi connectivity index (χ3v) is 3.92. The quantitative estimate of drug-likeness (QED) is 0.677. The van der Waals surface area contributed by atoms with Crippen LogP contribution in [0.5, 0.6) is 0 Å². The lowest BCUT2D eigenvalue weighted by Crippen LogP contribution is -1.86. The van der Waals surface area contributed by atoms with E-state index >= 15 is 0 Å². The van der Waals surface area contributed by atoms with Crippen molar-refractivity contribution < 1.29 is 0 Å².